The first-order valence-corrected chi connectivity index (χ1v) is 6.52. The minimum atomic E-state index is 0.426. The van der Waals surface area contributed by atoms with Crippen molar-refractivity contribution in [1.82, 2.24) is 9.97 Å². The van der Waals surface area contributed by atoms with Crippen molar-refractivity contribution in [2.45, 2.75) is 19.9 Å². The molecule has 0 saturated heterocycles. The van der Waals surface area contributed by atoms with Gasteiger partial charge in [-0.15, -0.1) is 0 Å². The van der Waals surface area contributed by atoms with E-state index in [1.807, 2.05) is 31.8 Å². The molecule has 6 heteroatoms. The molecule has 1 unspecified atom stereocenters. The van der Waals surface area contributed by atoms with Crippen LogP contribution in [0.3, 0.4) is 0 Å². The molecule has 1 aromatic heterocycles. The number of nitrogens with one attached hydrogen (secondary N) is 1. The van der Waals surface area contributed by atoms with E-state index < -0.39 is 0 Å². The molecule has 16 heavy (non-hydrogen) atoms. The lowest BCUT2D eigenvalue weighted by molar-refractivity contribution is 0.749. The first kappa shape index (κ1) is 13.1. The molecule has 0 aromatic carbocycles. The van der Waals surface area contributed by atoms with Crippen LogP contribution in [-0.4, -0.2) is 35.1 Å². The summed E-state index contributed by atoms with van der Waals surface area (Å²) in [5.74, 6) is 8.67. The predicted molar refractivity (Wildman–Crippen MR) is 70.8 cm³/mol. The van der Waals surface area contributed by atoms with Crippen LogP contribution in [0, 0.1) is 6.92 Å². The molecule has 0 aliphatic heterocycles. The summed E-state index contributed by atoms with van der Waals surface area (Å²) in [4.78, 5) is 10.7. The Kier molecular flexibility index (Phi) is 4.82. The molecule has 0 amide bonds. The standard InChI is InChI=1S/C10H19N5S/c1-7(6-16-4)15(3)10-5-9(14-11)12-8(2)13-10/h5,7H,6,11H2,1-4H3,(H,12,13,14). The number of hydrazine groups is 1. The molecule has 1 aromatic rings. The lowest BCUT2D eigenvalue weighted by Gasteiger charge is -2.25. The molecule has 0 aliphatic carbocycles. The number of nitrogens with zero attached hydrogens (tertiary/aromatic N) is 3. The summed E-state index contributed by atoms with van der Waals surface area (Å²) in [7, 11) is 2.03. The Balaban J connectivity index is 2.89. The molecule has 1 rings (SSSR count). The van der Waals surface area contributed by atoms with Crippen LogP contribution < -0.4 is 16.2 Å². The third kappa shape index (κ3) is 3.24. The Morgan fingerprint density at radius 2 is 2.25 bits per heavy atom. The Hall–Kier alpha value is -1.01. The fourth-order valence-electron chi connectivity index (χ4n) is 1.39. The Labute approximate surface area is 101 Å². The molecule has 0 saturated carbocycles. The first-order valence-electron chi connectivity index (χ1n) is 5.12. The minimum Gasteiger partial charge on any atom is -0.356 e. The highest BCUT2D eigenvalue weighted by Gasteiger charge is 2.12. The predicted octanol–water partition coefficient (Wildman–Crippen LogP) is 1.26. The van der Waals surface area contributed by atoms with E-state index in [9.17, 15) is 0 Å². The van der Waals surface area contributed by atoms with Gasteiger partial charge in [-0.2, -0.15) is 11.8 Å². The number of aryl methyl sites for hydroxylation is 1. The summed E-state index contributed by atoms with van der Waals surface area (Å²) in [6, 6.07) is 2.28. The zero-order valence-electron chi connectivity index (χ0n) is 10.2. The van der Waals surface area contributed by atoms with Gasteiger partial charge >= 0.3 is 0 Å². The maximum atomic E-state index is 5.36. The molecule has 5 nitrogen and oxygen atoms in total. The van der Waals surface area contributed by atoms with E-state index in [1.54, 1.807) is 0 Å². The maximum absolute atomic E-state index is 5.36. The fourth-order valence-corrected chi connectivity index (χ4v) is 2.09. The van der Waals surface area contributed by atoms with Crippen LogP contribution in [0.2, 0.25) is 0 Å². The van der Waals surface area contributed by atoms with E-state index in [1.165, 1.54) is 0 Å². The van der Waals surface area contributed by atoms with Crippen LogP contribution in [0.1, 0.15) is 12.7 Å². The van der Waals surface area contributed by atoms with Crippen LogP contribution in [0.25, 0.3) is 0 Å². The molecule has 1 heterocycles. The molecule has 1 atom stereocenters. The largest absolute Gasteiger partial charge is 0.356 e. The summed E-state index contributed by atoms with van der Waals surface area (Å²) in [6.45, 7) is 4.03. The number of hydrogen-bond acceptors (Lipinski definition) is 6. The van der Waals surface area contributed by atoms with Crippen LogP contribution in [-0.2, 0) is 0 Å². The summed E-state index contributed by atoms with van der Waals surface area (Å²) >= 11 is 1.82. The SMILES string of the molecule is CSCC(C)N(C)c1cc(NN)nc(C)n1. The van der Waals surface area contributed by atoms with Crippen LogP contribution >= 0.6 is 11.8 Å². The average Bonchev–Trinajstić information content (AvgIpc) is 2.27. The highest BCUT2D eigenvalue weighted by molar-refractivity contribution is 7.98. The first-order chi connectivity index (χ1) is 7.58. The van der Waals surface area contributed by atoms with Gasteiger partial charge < -0.3 is 10.3 Å². The average molecular weight is 241 g/mol. The van der Waals surface area contributed by atoms with Crippen molar-refractivity contribution >= 4 is 23.4 Å². The van der Waals surface area contributed by atoms with E-state index in [2.05, 4.69) is 33.5 Å². The van der Waals surface area contributed by atoms with Crippen LogP contribution in [0.15, 0.2) is 6.07 Å². The normalized spacial score (nSPS) is 12.3. The summed E-state index contributed by atoms with van der Waals surface area (Å²) < 4.78 is 0. The van der Waals surface area contributed by atoms with Crippen LogP contribution in [0.5, 0.6) is 0 Å². The number of hydrogen-bond donors (Lipinski definition) is 2. The van der Waals surface area contributed by atoms with Gasteiger partial charge in [0.25, 0.3) is 0 Å². The van der Waals surface area contributed by atoms with E-state index in [-0.39, 0.29) is 0 Å². The molecule has 0 bridgehead atoms. The van der Waals surface area contributed by atoms with Gasteiger partial charge in [0.15, 0.2) is 0 Å². The van der Waals surface area contributed by atoms with Crippen molar-refractivity contribution in [2.24, 2.45) is 5.84 Å². The molecule has 0 aliphatic rings. The Bertz CT molecular complexity index is 344. The van der Waals surface area contributed by atoms with Gasteiger partial charge in [0, 0.05) is 24.9 Å². The van der Waals surface area contributed by atoms with Crippen molar-refractivity contribution in [1.29, 1.82) is 0 Å². The Morgan fingerprint density at radius 1 is 1.56 bits per heavy atom. The van der Waals surface area contributed by atoms with Crippen molar-refractivity contribution < 1.29 is 0 Å². The monoisotopic (exact) mass is 241 g/mol. The summed E-state index contributed by atoms with van der Waals surface area (Å²) in [5, 5.41) is 0. The van der Waals surface area contributed by atoms with Gasteiger partial charge in [-0.25, -0.2) is 15.8 Å². The number of anilines is 2. The summed E-state index contributed by atoms with van der Waals surface area (Å²) in [5.41, 5.74) is 2.55. The summed E-state index contributed by atoms with van der Waals surface area (Å²) in [6.07, 6.45) is 2.10. The van der Waals surface area contributed by atoms with Crippen molar-refractivity contribution in [3.63, 3.8) is 0 Å². The van der Waals surface area contributed by atoms with E-state index in [0.29, 0.717) is 17.7 Å². The van der Waals surface area contributed by atoms with Gasteiger partial charge in [-0.1, -0.05) is 0 Å². The van der Waals surface area contributed by atoms with E-state index >= 15 is 0 Å². The number of nitrogens with two attached hydrogens (primary N) is 1. The number of thioether (sulfide) groups is 1. The molecule has 0 radical (unpaired) electrons. The molecular weight excluding hydrogens is 222 g/mol. The number of nitrogen functional groups attached to an aromatic ring is 1. The third-order valence-corrected chi connectivity index (χ3v) is 3.22. The molecular formula is C10H19N5S. The second kappa shape index (κ2) is 5.91. The zero-order chi connectivity index (χ0) is 12.1. The van der Waals surface area contributed by atoms with Crippen molar-refractivity contribution in [2.75, 3.05) is 29.4 Å². The third-order valence-electron chi connectivity index (χ3n) is 2.40. The topological polar surface area (TPSA) is 67.1 Å². The van der Waals surface area contributed by atoms with Gasteiger partial charge in [0.05, 0.1) is 0 Å². The fraction of sp³-hybridized carbons (Fsp3) is 0.600. The second-order valence-electron chi connectivity index (χ2n) is 3.72. The quantitative estimate of drug-likeness (QED) is 0.597. The van der Waals surface area contributed by atoms with E-state index in [4.69, 9.17) is 5.84 Å². The molecule has 90 valence electrons. The molecule has 3 N–H and O–H groups in total. The van der Waals surface area contributed by atoms with Gasteiger partial charge in [0.1, 0.15) is 17.5 Å². The van der Waals surface area contributed by atoms with Gasteiger partial charge in [0.2, 0.25) is 0 Å². The number of aromatic nitrogens is 2. The lowest BCUT2D eigenvalue weighted by Crippen LogP contribution is -2.32. The molecule has 0 spiro atoms. The van der Waals surface area contributed by atoms with Gasteiger partial charge in [-0.05, 0) is 20.1 Å². The van der Waals surface area contributed by atoms with E-state index in [0.717, 1.165) is 11.6 Å². The Morgan fingerprint density at radius 3 is 2.81 bits per heavy atom. The van der Waals surface area contributed by atoms with Crippen molar-refractivity contribution in [3.05, 3.63) is 11.9 Å². The maximum Gasteiger partial charge on any atom is 0.145 e. The second-order valence-corrected chi connectivity index (χ2v) is 4.63. The highest BCUT2D eigenvalue weighted by atomic mass is 32.2. The van der Waals surface area contributed by atoms with Crippen LogP contribution in [0.4, 0.5) is 11.6 Å². The smallest absolute Gasteiger partial charge is 0.145 e. The van der Waals surface area contributed by atoms with Crippen molar-refractivity contribution in [3.8, 4) is 0 Å². The highest BCUT2D eigenvalue weighted by Crippen LogP contribution is 2.17. The minimum absolute atomic E-state index is 0.426. The lowest BCUT2D eigenvalue weighted by atomic mass is 10.3. The molecule has 0 fully saturated rings. The number of rotatable bonds is 5. The zero-order valence-corrected chi connectivity index (χ0v) is 11.0. The van der Waals surface area contributed by atoms with Gasteiger partial charge in [-0.3, -0.25) is 0 Å².